The van der Waals surface area contributed by atoms with E-state index in [-0.39, 0.29) is 10.6 Å². The molecule has 0 spiro atoms. The number of hydrogen-bond donors (Lipinski definition) is 1. The summed E-state index contributed by atoms with van der Waals surface area (Å²) in [5.41, 5.74) is 0.752. The molecule has 0 unspecified atom stereocenters. The lowest BCUT2D eigenvalue weighted by molar-refractivity contribution is 0.386. The van der Waals surface area contributed by atoms with E-state index in [1.807, 2.05) is 11.8 Å². The third kappa shape index (κ3) is 4.17. The molecule has 0 aliphatic carbocycles. The highest BCUT2D eigenvalue weighted by atomic mass is 32.2. The van der Waals surface area contributed by atoms with Crippen LogP contribution in [0, 0.1) is 5.82 Å². The molecule has 1 aromatic carbocycles. The fraction of sp³-hybridized carbons (Fsp3) is 0.267. The topological polar surface area (TPSA) is 85.5 Å². The maximum atomic E-state index is 13.8. The summed E-state index contributed by atoms with van der Waals surface area (Å²) < 4.78 is 41.1. The molecule has 0 amide bonds. The van der Waals surface area contributed by atoms with Gasteiger partial charge in [-0.2, -0.15) is 0 Å². The van der Waals surface area contributed by atoms with Crippen molar-refractivity contribution in [1.29, 1.82) is 0 Å². The molecule has 23 heavy (non-hydrogen) atoms. The molecule has 0 fully saturated rings. The summed E-state index contributed by atoms with van der Waals surface area (Å²) in [6, 6.07) is 7.71. The van der Waals surface area contributed by atoms with Crippen molar-refractivity contribution in [3.05, 3.63) is 47.9 Å². The zero-order chi connectivity index (χ0) is 17.0. The predicted molar refractivity (Wildman–Crippen MR) is 85.3 cm³/mol. The number of nitrogens with two attached hydrogens (primary N) is 1. The first-order valence-electron chi connectivity index (χ1n) is 6.91. The monoisotopic (exact) mass is 339 g/mol. The first-order chi connectivity index (χ1) is 10.8. The van der Waals surface area contributed by atoms with Crippen molar-refractivity contribution in [1.82, 2.24) is 4.98 Å². The number of aromatic nitrogens is 1. The highest BCUT2D eigenvalue weighted by Gasteiger charge is 2.12. The van der Waals surface area contributed by atoms with Crippen molar-refractivity contribution >= 4 is 15.8 Å². The number of sulfonamides is 1. The normalized spacial score (nSPS) is 11.3. The molecule has 0 aliphatic rings. The highest BCUT2D eigenvalue weighted by Crippen LogP contribution is 2.21. The minimum Gasteiger partial charge on any atom is -0.494 e. The summed E-state index contributed by atoms with van der Waals surface area (Å²) in [6.45, 7) is 2.98. The summed E-state index contributed by atoms with van der Waals surface area (Å²) in [5, 5.41) is 5.05. The lowest BCUT2D eigenvalue weighted by Gasteiger charge is -2.22. The van der Waals surface area contributed by atoms with Crippen LogP contribution < -0.4 is 14.8 Å². The average Bonchev–Trinajstić information content (AvgIpc) is 2.52. The van der Waals surface area contributed by atoms with E-state index < -0.39 is 15.8 Å². The molecule has 0 aliphatic heterocycles. The first-order valence-corrected chi connectivity index (χ1v) is 8.46. The number of nitrogens with zero attached hydrogens (tertiary/aromatic N) is 2. The number of halogens is 1. The third-order valence-electron chi connectivity index (χ3n) is 3.34. The van der Waals surface area contributed by atoms with Crippen LogP contribution in [-0.4, -0.2) is 27.1 Å². The Balaban J connectivity index is 2.21. The molecule has 0 atom stereocenters. The Labute approximate surface area is 134 Å². The molecular formula is C15H18FN3O3S. The van der Waals surface area contributed by atoms with Crippen molar-refractivity contribution in [2.75, 3.05) is 18.6 Å². The minimum absolute atomic E-state index is 0.0483. The zero-order valence-electron chi connectivity index (χ0n) is 12.9. The molecular weight excluding hydrogens is 321 g/mol. The van der Waals surface area contributed by atoms with E-state index in [1.54, 1.807) is 18.2 Å². The SMILES string of the molecule is CCN(Cc1ccc(OC)c(F)c1)c1ccc(S(N)(=O)=O)cn1. The number of anilines is 1. The quantitative estimate of drug-likeness (QED) is 0.869. The van der Waals surface area contributed by atoms with Crippen LogP contribution in [0.3, 0.4) is 0 Å². The van der Waals surface area contributed by atoms with Crippen LogP contribution >= 0.6 is 0 Å². The molecule has 1 aromatic heterocycles. The molecule has 0 radical (unpaired) electrons. The van der Waals surface area contributed by atoms with Crippen LogP contribution in [0.1, 0.15) is 12.5 Å². The number of pyridine rings is 1. The Morgan fingerprint density at radius 1 is 1.30 bits per heavy atom. The molecule has 2 N–H and O–H groups in total. The molecule has 2 aromatic rings. The third-order valence-corrected chi connectivity index (χ3v) is 4.24. The average molecular weight is 339 g/mol. The van der Waals surface area contributed by atoms with Crippen LogP contribution in [0.15, 0.2) is 41.4 Å². The van der Waals surface area contributed by atoms with E-state index in [0.29, 0.717) is 18.9 Å². The Kier molecular flexibility index (Phi) is 5.17. The maximum Gasteiger partial charge on any atom is 0.239 e. The van der Waals surface area contributed by atoms with Gasteiger partial charge in [-0.3, -0.25) is 0 Å². The summed E-state index contributed by atoms with van der Waals surface area (Å²) >= 11 is 0. The van der Waals surface area contributed by atoms with Crippen molar-refractivity contribution in [2.24, 2.45) is 5.14 Å². The number of ether oxygens (including phenoxy) is 1. The van der Waals surface area contributed by atoms with E-state index in [4.69, 9.17) is 9.88 Å². The predicted octanol–water partition coefficient (Wildman–Crippen LogP) is 1.90. The Morgan fingerprint density at radius 3 is 2.52 bits per heavy atom. The zero-order valence-corrected chi connectivity index (χ0v) is 13.7. The van der Waals surface area contributed by atoms with Gasteiger partial charge in [0.15, 0.2) is 11.6 Å². The minimum atomic E-state index is -3.77. The van der Waals surface area contributed by atoms with Gasteiger partial charge in [0, 0.05) is 19.3 Å². The van der Waals surface area contributed by atoms with Gasteiger partial charge in [-0.15, -0.1) is 0 Å². The second-order valence-corrected chi connectivity index (χ2v) is 6.44. The van der Waals surface area contributed by atoms with Crippen LogP contribution in [0.4, 0.5) is 10.2 Å². The fourth-order valence-corrected chi connectivity index (χ4v) is 2.57. The van der Waals surface area contributed by atoms with Gasteiger partial charge in [-0.1, -0.05) is 6.07 Å². The van der Waals surface area contributed by atoms with Crippen molar-refractivity contribution in [2.45, 2.75) is 18.4 Å². The van der Waals surface area contributed by atoms with Gasteiger partial charge < -0.3 is 9.64 Å². The van der Waals surface area contributed by atoms with Crippen LogP contribution in [0.25, 0.3) is 0 Å². The van der Waals surface area contributed by atoms with E-state index in [0.717, 1.165) is 5.56 Å². The molecule has 2 rings (SSSR count). The smallest absolute Gasteiger partial charge is 0.239 e. The number of hydrogen-bond acceptors (Lipinski definition) is 5. The summed E-state index contributed by atoms with van der Waals surface area (Å²) in [7, 11) is -2.36. The number of methoxy groups -OCH3 is 1. The lowest BCUT2D eigenvalue weighted by Crippen LogP contribution is -2.23. The summed E-state index contributed by atoms with van der Waals surface area (Å²) in [5.74, 6) is 0.335. The largest absolute Gasteiger partial charge is 0.494 e. The van der Waals surface area contributed by atoms with Gasteiger partial charge in [-0.05, 0) is 36.8 Å². The van der Waals surface area contributed by atoms with Crippen molar-refractivity contribution in [3.63, 3.8) is 0 Å². The van der Waals surface area contributed by atoms with Gasteiger partial charge >= 0.3 is 0 Å². The maximum absolute atomic E-state index is 13.8. The van der Waals surface area contributed by atoms with Gasteiger partial charge in [-0.25, -0.2) is 22.9 Å². The Bertz CT molecular complexity index is 779. The molecule has 8 heteroatoms. The number of primary sulfonamides is 1. The summed E-state index contributed by atoms with van der Waals surface area (Å²) in [6.07, 6.45) is 1.21. The van der Waals surface area contributed by atoms with E-state index in [9.17, 15) is 12.8 Å². The molecule has 6 nitrogen and oxygen atoms in total. The number of benzene rings is 1. The molecule has 0 saturated carbocycles. The van der Waals surface area contributed by atoms with Crippen LogP contribution in [-0.2, 0) is 16.6 Å². The van der Waals surface area contributed by atoms with Gasteiger partial charge in [0.1, 0.15) is 10.7 Å². The van der Waals surface area contributed by atoms with Crippen LogP contribution in [0.5, 0.6) is 5.75 Å². The second-order valence-electron chi connectivity index (χ2n) is 4.88. The molecule has 0 bridgehead atoms. The van der Waals surface area contributed by atoms with E-state index in [2.05, 4.69) is 4.98 Å². The Hall–Kier alpha value is -2.19. The molecule has 124 valence electrons. The summed E-state index contributed by atoms with van der Waals surface area (Å²) in [4.78, 5) is 5.95. The number of rotatable bonds is 6. The molecule has 1 heterocycles. The highest BCUT2D eigenvalue weighted by molar-refractivity contribution is 7.89. The first kappa shape index (κ1) is 17.2. The van der Waals surface area contributed by atoms with E-state index >= 15 is 0 Å². The fourth-order valence-electron chi connectivity index (χ4n) is 2.11. The Morgan fingerprint density at radius 2 is 2.04 bits per heavy atom. The van der Waals surface area contributed by atoms with Crippen molar-refractivity contribution in [3.8, 4) is 5.75 Å². The van der Waals surface area contributed by atoms with Crippen LogP contribution in [0.2, 0.25) is 0 Å². The van der Waals surface area contributed by atoms with Gasteiger partial charge in [0.05, 0.1) is 7.11 Å². The standard InChI is InChI=1S/C15H18FN3O3S/c1-3-19(10-11-4-6-14(22-2)13(16)8-11)15-7-5-12(9-18-15)23(17,20)21/h4-9H,3,10H2,1-2H3,(H2,17,20,21). The molecule has 0 saturated heterocycles. The second kappa shape index (κ2) is 6.93. The van der Waals surface area contributed by atoms with Gasteiger partial charge in [0.2, 0.25) is 10.0 Å². The van der Waals surface area contributed by atoms with Gasteiger partial charge in [0.25, 0.3) is 0 Å². The lowest BCUT2D eigenvalue weighted by atomic mass is 10.2. The van der Waals surface area contributed by atoms with E-state index in [1.165, 1.54) is 25.4 Å². The van der Waals surface area contributed by atoms with Crippen molar-refractivity contribution < 1.29 is 17.5 Å².